The number of aliphatic hydroxyl groups excluding tert-OH is 1. The van der Waals surface area contributed by atoms with Crippen LogP contribution in [0, 0.1) is 23.4 Å². The highest BCUT2D eigenvalue weighted by atomic mass is 19.2. The number of aromatic nitrogens is 1. The highest BCUT2D eigenvalue weighted by molar-refractivity contribution is 5.92. The summed E-state index contributed by atoms with van der Waals surface area (Å²) in [6, 6.07) is 7.88. The van der Waals surface area contributed by atoms with Crippen LogP contribution >= 0.6 is 0 Å². The van der Waals surface area contributed by atoms with Gasteiger partial charge >= 0.3 is 0 Å². The number of carbonyl (C=O) groups is 1. The first-order chi connectivity index (χ1) is 18.9. The van der Waals surface area contributed by atoms with E-state index in [4.69, 9.17) is 4.74 Å². The number of carbonyl (C=O) groups excluding carboxylic acids is 1. The molecule has 39 heavy (non-hydrogen) atoms. The Hall–Kier alpha value is -3.30. The van der Waals surface area contributed by atoms with Crippen molar-refractivity contribution in [2.75, 3.05) is 39.9 Å². The smallest absolute Gasteiger partial charge is 0.246 e. The molecule has 0 spiro atoms. The standard InChI is InChI=1S/C30H34F3N3O3/c1-39-27-4-2-3-22-23(17-34-30(22)27)20-7-11-35(12-8-20)26(18-37)21-9-13-36(14-10-21)28(38)6-5-19-15-24(31)29(33)25(32)16-19/h2-6,15-17,20-21,26,34,37H,7-14,18H2,1H3. The number of rotatable bonds is 7. The minimum atomic E-state index is -1.53. The van der Waals surface area contributed by atoms with E-state index in [1.807, 2.05) is 12.1 Å². The summed E-state index contributed by atoms with van der Waals surface area (Å²) in [5.41, 5.74) is 2.43. The van der Waals surface area contributed by atoms with Gasteiger partial charge in [-0.3, -0.25) is 9.69 Å². The van der Waals surface area contributed by atoms with E-state index in [1.54, 1.807) is 12.0 Å². The van der Waals surface area contributed by atoms with E-state index < -0.39 is 17.5 Å². The van der Waals surface area contributed by atoms with Crippen LogP contribution in [0.2, 0.25) is 0 Å². The number of methoxy groups -OCH3 is 1. The highest BCUT2D eigenvalue weighted by Gasteiger charge is 2.34. The Bertz CT molecular complexity index is 1320. The first kappa shape index (κ1) is 27.3. The van der Waals surface area contributed by atoms with Crippen LogP contribution < -0.4 is 4.74 Å². The summed E-state index contributed by atoms with van der Waals surface area (Å²) >= 11 is 0. The number of fused-ring (bicyclic) bond motifs is 1. The lowest BCUT2D eigenvalue weighted by Gasteiger charge is -2.43. The van der Waals surface area contributed by atoms with Crippen LogP contribution in [-0.4, -0.2) is 71.7 Å². The van der Waals surface area contributed by atoms with Crippen molar-refractivity contribution in [3.63, 3.8) is 0 Å². The van der Waals surface area contributed by atoms with E-state index in [0.717, 1.165) is 62.2 Å². The van der Waals surface area contributed by atoms with Gasteiger partial charge < -0.3 is 19.7 Å². The SMILES string of the molecule is COc1cccc2c(C3CCN(C(CO)C4CCN(C(=O)C=Cc5cc(F)c(F)c(F)c5)CC4)CC3)c[nH]c12. The quantitative estimate of drug-likeness (QED) is 0.323. The predicted octanol–water partition coefficient (Wildman–Crippen LogP) is 5.09. The number of likely N-dealkylation sites (tertiary alicyclic amines) is 2. The van der Waals surface area contributed by atoms with Crippen molar-refractivity contribution >= 4 is 22.9 Å². The Labute approximate surface area is 226 Å². The van der Waals surface area contributed by atoms with Crippen molar-refractivity contribution in [1.82, 2.24) is 14.8 Å². The number of H-pyrrole nitrogens is 1. The first-order valence-corrected chi connectivity index (χ1v) is 13.5. The molecule has 1 atom stereocenters. The van der Waals surface area contributed by atoms with Crippen LogP contribution in [0.5, 0.6) is 5.75 Å². The zero-order valence-corrected chi connectivity index (χ0v) is 22.0. The van der Waals surface area contributed by atoms with Gasteiger partial charge in [-0.15, -0.1) is 0 Å². The highest BCUT2D eigenvalue weighted by Crippen LogP contribution is 2.37. The molecule has 3 aromatic rings. The van der Waals surface area contributed by atoms with Crippen LogP contribution in [0.1, 0.15) is 42.7 Å². The van der Waals surface area contributed by atoms with Crippen LogP contribution in [0.25, 0.3) is 17.0 Å². The number of hydrogen-bond acceptors (Lipinski definition) is 4. The average molecular weight is 542 g/mol. The maximum atomic E-state index is 13.4. The van der Waals surface area contributed by atoms with Crippen molar-refractivity contribution < 1.29 is 27.8 Å². The monoisotopic (exact) mass is 541 g/mol. The third-order valence-corrected chi connectivity index (χ3v) is 8.37. The topological polar surface area (TPSA) is 68.8 Å². The molecule has 0 bridgehead atoms. The van der Waals surface area contributed by atoms with E-state index in [9.17, 15) is 23.1 Å². The Kier molecular flexibility index (Phi) is 8.28. The van der Waals surface area contributed by atoms with Crippen molar-refractivity contribution in [2.45, 2.75) is 37.6 Å². The molecule has 5 rings (SSSR count). The molecule has 0 saturated carbocycles. The number of hydrogen-bond donors (Lipinski definition) is 2. The molecule has 1 amide bonds. The Morgan fingerprint density at radius 3 is 2.44 bits per heavy atom. The normalized spacial score (nSPS) is 18.7. The number of halogens is 3. The maximum Gasteiger partial charge on any atom is 0.246 e. The molecular weight excluding hydrogens is 507 g/mol. The Morgan fingerprint density at radius 2 is 1.79 bits per heavy atom. The molecule has 208 valence electrons. The van der Waals surface area contributed by atoms with Gasteiger partial charge in [0.15, 0.2) is 17.5 Å². The van der Waals surface area contributed by atoms with Gasteiger partial charge in [-0.05, 0) is 86.0 Å². The lowest BCUT2D eigenvalue weighted by Crippen LogP contribution is -2.50. The summed E-state index contributed by atoms with van der Waals surface area (Å²) in [5.74, 6) is -2.80. The van der Waals surface area contributed by atoms with Gasteiger partial charge in [-0.1, -0.05) is 12.1 Å². The predicted molar refractivity (Wildman–Crippen MR) is 144 cm³/mol. The summed E-state index contributed by atoms with van der Waals surface area (Å²) in [7, 11) is 1.68. The van der Waals surface area contributed by atoms with Gasteiger partial charge in [0.2, 0.25) is 5.91 Å². The molecule has 9 heteroatoms. The lowest BCUT2D eigenvalue weighted by atomic mass is 9.84. The molecular formula is C30H34F3N3O3. The summed E-state index contributed by atoms with van der Waals surface area (Å²) in [6.45, 7) is 2.97. The Morgan fingerprint density at radius 1 is 1.10 bits per heavy atom. The van der Waals surface area contributed by atoms with E-state index >= 15 is 0 Å². The molecule has 0 aliphatic carbocycles. The van der Waals surface area contributed by atoms with E-state index in [2.05, 4.69) is 22.1 Å². The van der Waals surface area contributed by atoms with E-state index in [1.165, 1.54) is 23.1 Å². The maximum absolute atomic E-state index is 13.4. The van der Waals surface area contributed by atoms with Crippen LogP contribution in [0.3, 0.4) is 0 Å². The van der Waals surface area contributed by atoms with Crippen LogP contribution in [0.15, 0.2) is 42.6 Å². The van der Waals surface area contributed by atoms with Crippen molar-refractivity contribution in [3.8, 4) is 5.75 Å². The van der Waals surface area contributed by atoms with Crippen molar-refractivity contribution in [3.05, 3.63) is 71.2 Å². The number of benzene rings is 2. The minimum Gasteiger partial charge on any atom is -0.495 e. The molecule has 1 unspecified atom stereocenters. The third-order valence-electron chi connectivity index (χ3n) is 8.37. The molecule has 6 nitrogen and oxygen atoms in total. The third kappa shape index (κ3) is 5.70. The Balaban J connectivity index is 1.15. The summed E-state index contributed by atoms with van der Waals surface area (Å²) in [6.07, 6.45) is 8.22. The van der Waals surface area contributed by atoms with Crippen LogP contribution in [0.4, 0.5) is 13.2 Å². The number of ether oxygens (including phenoxy) is 1. The fourth-order valence-electron chi connectivity index (χ4n) is 6.21. The van der Waals surface area contributed by atoms with E-state index in [-0.39, 0.29) is 30.0 Å². The number of amides is 1. The molecule has 2 aliphatic rings. The van der Waals surface area contributed by atoms with Crippen molar-refractivity contribution in [1.29, 1.82) is 0 Å². The largest absolute Gasteiger partial charge is 0.495 e. The molecule has 2 aliphatic heterocycles. The number of aromatic amines is 1. The van der Waals surface area contributed by atoms with Gasteiger partial charge in [0.05, 0.1) is 19.2 Å². The number of piperidine rings is 2. The fourth-order valence-corrected chi connectivity index (χ4v) is 6.21. The summed E-state index contributed by atoms with van der Waals surface area (Å²) < 4.78 is 45.5. The number of nitrogens with one attached hydrogen (secondary N) is 1. The fraction of sp³-hybridized carbons (Fsp3) is 0.433. The zero-order chi connectivity index (χ0) is 27.5. The number of nitrogens with zero attached hydrogens (tertiary/aromatic N) is 2. The van der Waals surface area contributed by atoms with Gasteiger partial charge in [0.25, 0.3) is 0 Å². The van der Waals surface area contributed by atoms with Crippen molar-refractivity contribution in [2.24, 2.45) is 5.92 Å². The van der Waals surface area contributed by atoms with E-state index in [0.29, 0.717) is 19.0 Å². The average Bonchev–Trinajstić information content (AvgIpc) is 3.40. The van der Waals surface area contributed by atoms with Gasteiger partial charge in [0.1, 0.15) is 5.75 Å². The van der Waals surface area contributed by atoms with Gasteiger partial charge in [-0.25, -0.2) is 13.2 Å². The molecule has 2 saturated heterocycles. The molecule has 0 radical (unpaired) electrons. The van der Waals surface area contributed by atoms with Crippen LogP contribution in [-0.2, 0) is 4.79 Å². The molecule has 3 heterocycles. The second-order valence-electron chi connectivity index (χ2n) is 10.5. The van der Waals surface area contributed by atoms with Gasteiger partial charge in [0, 0.05) is 36.8 Å². The molecule has 2 N–H and O–H groups in total. The number of para-hydroxylation sites is 1. The molecule has 1 aromatic heterocycles. The zero-order valence-electron chi connectivity index (χ0n) is 22.0. The lowest BCUT2D eigenvalue weighted by molar-refractivity contribution is -0.127. The summed E-state index contributed by atoms with van der Waals surface area (Å²) in [4.78, 5) is 20.1. The van der Waals surface area contributed by atoms with Gasteiger partial charge in [-0.2, -0.15) is 0 Å². The summed E-state index contributed by atoms with van der Waals surface area (Å²) in [5, 5.41) is 11.5. The second-order valence-corrected chi connectivity index (χ2v) is 10.5. The minimum absolute atomic E-state index is 0.0481. The number of aliphatic hydroxyl groups is 1. The molecule has 2 aromatic carbocycles. The molecule has 2 fully saturated rings. The second kappa shape index (κ2) is 11.8. The first-order valence-electron chi connectivity index (χ1n) is 13.5.